The minimum atomic E-state index is -0.607. The Morgan fingerprint density at radius 3 is 2.12 bits per heavy atom. The molecule has 0 atom stereocenters. The standard InChI is InChI=1S/C26H24O6/c1-17-9-13-23(32-26(28)19-7-5-6-8-22(19)29-2)20(15-17)21(27)12-10-18-11-14-24(30-3)25(16-18)31-4/h5-16H,1-4H3/b12-10+. The van der Waals surface area contributed by atoms with Crippen LogP contribution in [0.2, 0.25) is 0 Å². The fourth-order valence-electron chi connectivity index (χ4n) is 3.11. The molecule has 32 heavy (non-hydrogen) atoms. The lowest BCUT2D eigenvalue weighted by Gasteiger charge is -2.11. The van der Waals surface area contributed by atoms with Crippen LogP contribution in [0, 0.1) is 6.92 Å². The van der Waals surface area contributed by atoms with E-state index in [1.807, 2.05) is 13.0 Å². The topological polar surface area (TPSA) is 71.1 Å². The van der Waals surface area contributed by atoms with Gasteiger partial charge in [0.1, 0.15) is 17.1 Å². The maximum absolute atomic E-state index is 13.0. The van der Waals surface area contributed by atoms with Gasteiger partial charge in [-0.3, -0.25) is 4.79 Å². The van der Waals surface area contributed by atoms with Crippen molar-refractivity contribution in [3.05, 3.63) is 89.0 Å². The van der Waals surface area contributed by atoms with Crippen molar-refractivity contribution in [1.29, 1.82) is 0 Å². The first-order valence-electron chi connectivity index (χ1n) is 9.87. The van der Waals surface area contributed by atoms with Gasteiger partial charge >= 0.3 is 5.97 Å². The van der Waals surface area contributed by atoms with E-state index in [0.717, 1.165) is 11.1 Å². The Labute approximate surface area is 187 Å². The van der Waals surface area contributed by atoms with Gasteiger partial charge in [-0.05, 0) is 55.0 Å². The number of rotatable bonds is 8. The van der Waals surface area contributed by atoms with Crippen LogP contribution in [-0.2, 0) is 0 Å². The molecular formula is C26H24O6. The Morgan fingerprint density at radius 2 is 1.41 bits per heavy atom. The van der Waals surface area contributed by atoms with E-state index >= 15 is 0 Å². The summed E-state index contributed by atoms with van der Waals surface area (Å²) in [5.74, 6) is 0.819. The van der Waals surface area contributed by atoms with Crippen LogP contribution in [0.1, 0.15) is 31.8 Å². The summed E-state index contributed by atoms with van der Waals surface area (Å²) < 4.78 is 21.3. The number of carbonyl (C=O) groups is 2. The van der Waals surface area contributed by atoms with Crippen LogP contribution in [0.4, 0.5) is 0 Å². The largest absolute Gasteiger partial charge is 0.496 e. The molecule has 0 aliphatic heterocycles. The van der Waals surface area contributed by atoms with Crippen molar-refractivity contribution >= 4 is 17.8 Å². The molecule has 0 amide bonds. The van der Waals surface area contributed by atoms with Crippen LogP contribution in [0.3, 0.4) is 0 Å². The molecule has 3 rings (SSSR count). The molecular weight excluding hydrogens is 408 g/mol. The monoisotopic (exact) mass is 432 g/mol. The fourth-order valence-corrected chi connectivity index (χ4v) is 3.11. The second-order valence-corrected chi connectivity index (χ2v) is 6.90. The molecule has 3 aromatic rings. The maximum atomic E-state index is 13.0. The summed E-state index contributed by atoms with van der Waals surface area (Å²) in [6.45, 7) is 1.86. The minimum absolute atomic E-state index is 0.175. The number of ether oxygens (including phenoxy) is 4. The molecule has 0 heterocycles. The zero-order valence-electron chi connectivity index (χ0n) is 18.4. The third-order valence-electron chi connectivity index (χ3n) is 4.76. The SMILES string of the molecule is COc1ccc(/C=C/C(=O)c2cc(C)ccc2OC(=O)c2ccccc2OC)cc1OC. The van der Waals surface area contributed by atoms with Gasteiger partial charge in [-0.25, -0.2) is 4.79 Å². The van der Waals surface area contributed by atoms with E-state index in [9.17, 15) is 9.59 Å². The summed E-state index contributed by atoms with van der Waals surface area (Å²) in [4.78, 5) is 25.7. The Kier molecular flexibility index (Phi) is 7.29. The van der Waals surface area contributed by atoms with Crippen LogP contribution in [0.25, 0.3) is 6.08 Å². The Morgan fingerprint density at radius 1 is 0.719 bits per heavy atom. The van der Waals surface area contributed by atoms with E-state index in [1.165, 1.54) is 13.2 Å². The van der Waals surface area contributed by atoms with E-state index < -0.39 is 5.97 Å². The Bertz CT molecular complexity index is 1160. The van der Waals surface area contributed by atoms with Gasteiger partial charge in [0.25, 0.3) is 0 Å². The van der Waals surface area contributed by atoms with Crippen molar-refractivity contribution in [3.8, 4) is 23.0 Å². The summed E-state index contributed by atoms with van der Waals surface area (Å²) in [6.07, 6.45) is 3.09. The molecule has 164 valence electrons. The van der Waals surface area contributed by atoms with Crippen molar-refractivity contribution in [1.82, 2.24) is 0 Å². The lowest BCUT2D eigenvalue weighted by atomic mass is 10.0. The molecule has 6 heteroatoms. The predicted octanol–water partition coefficient (Wildman–Crippen LogP) is 5.14. The third-order valence-corrected chi connectivity index (χ3v) is 4.76. The number of methoxy groups -OCH3 is 3. The fraction of sp³-hybridized carbons (Fsp3) is 0.154. The molecule has 0 radical (unpaired) electrons. The molecule has 0 N–H and O–H groups in total. The molecule has 0 saturated heterocycles. The number of aryl methyl sites for hydroxylation is 1. The van der Waals surface area contributed by atoms with Crippen molar-refractivity contribution in [2.24, 2.45) is 0 Å². The molecule has 0 aromatic heterocycles. The number of benzene rings is 3. The molecule has 0 aliphatic carbocycles. The van der Waals surface area contributed by atoms with E-state index in [2.05, 4.69) is 0 Å². The first-order valence-corrected chi connectivity index (χ1v) is 9.87. The van der Waals surface area contributed by atoms with Gasteiger partial charge < -0.3 is 18.9 Å². The van der Waals surface area contributed by atoms with Gasteiger partial charge in [-0.15, -0.1) is 0 Å². The van der Waals surface area contributed by atoms with Gasteiger partial charge in [-0.2, -0.15) is 0 Å². The first-order chi connectivity index (χ1) is 15.5. The van der Waals surface area contributed by atoms with Crippen molar-refractivity contribution in [2.75, 3.05) is 21.3 Å². The van der Waals surface area contributed by atoms with Crippen molar-refractivity contribution < 1.29 is 28.5 Å². The first kappa shape index (κ1) is 22.6. The quantitative estimate of drug-likeness (QED) is 0.213. The molecule has 3 aromatic carbocycles. The van der Waals surface area contributed by atoms with Crippen LogP contribution in [0.15, 0.2) is 66.7 Å². The third kappa shape index (κ3) is 5.16. The molecule has 0 fully saturated rings. The van der Waals surface area contributed by atoms with Crippen LogP contribution in [-0.4, -0.2) is 33.1 Å². The Balaban J connectivity index is 1.86. The van der Waals surface area contributed by atoms with Crippen LogP contribution in [0.5, 0.6) is 23.0 Å². The van der Waals surface area contributed by atoms with Gasteiger partial charge in [0.2, 0.25) is 0 Å². The van der Waals surface area contributed by atoms with Gasteiger partial charge in [0, 0.05) is 0 Å². The average molecular weight is 432 g/mol. The van der Waals surface area contributed by atoms with E-state index in [0.29, 0.717) is 17.2 Å². The highest BCUT2D eigenvalue weighted by Gasteiger charge is 2.18. The highest BCUT2D eigenvalue weighted by molar-refractivity contribution is 6.09. The van der Waals surface area contributed by atoms with E-state index in [-0.39, 0.29) is 22.7 Å². The van der Waals surface area contributed by atoms with E-state index in [4.69, 9.17) is 18.9 Å². The van der Waals surface area contributed by atoms with Crippen LogP contribution >= 0.6 is 0 Å². The Hall–Kier alpha value is -4.06. The summed E-state index contributed by atoms with van der Waals surface area (Å²) in [7, 11) is 4.58. The number of ketones is 1. The maximum Gasteiger partial charge on any atom is 0.347 e. The smallest absolute Gasteiger partial charge is 0.347 e. The molecule has 6 nitrogen and oxygen atoms in total. The normalized spacial score (nSPS) is 10.6. The van der Waals surface area contributed by atoms with Gasteiger partial charge in [-0.1, -0.05) is 35.9 Å². The van der Waals surface area contributed by atoms with E-state index in [1.54, 1.807) is 74.9 Å². The highest BCUT2D eigenvalue weighted by Crippen LogP contribution is 2.29. The number of hydrogen-bond donors (Lipinski definition) is 0. The van der Waals surface area contributed by atoms with Gasteiger partial charge in [0.05, 0.1) is 26.9 Å². The van der Waals surface area contributed by atoms with Crippen molar-refractivity contribution in [2.45, 2.75) is 6.92 Å². The minimum Gasteiger partial charge on any atom is -0.496 e. The number of carbonyl (C=O) groups excluding carboxylic acids is 2. The number of allylic oxidation sites excluding steroid dienone is 1. The lowest BCUT2D eigenvalue weighted by molar-refractivity contribution is 0.0729. The number of para-hydroxylation sites is 1. The van der Waals surface area contributed by atoms with Crippen LogP contribution < -0.4 is 18.9 Å². The average Bonchev–Trinajstić information content (AvgIpc) is 2.83. The zero-order chi connectivity index (χ0) is 23.1. The second kappa shape index (κ2) is 10.3. The summed E-state index contributed by atoms with van der Waals surface area (Å²) >= 11 is 0. The predicted molar refractivity (Wildman–Crippen MR) is 122 cm³/mol. The molecule has 0 aliphatic rings. The highest BCUT2D eigenvalue weighted by atomic mass is 16.5. The number of esters is 1. The molecule has 0 unspecified atom stereocenters. The molecule has 0 bridgehead atoms. The summed E-state index contributed by atoms with van der Waals surface area (Å²) in [6, 6.07) is 17.2. The van der Waals surface area contributed by atoms with Gasteiger partial charge in [0.15, 0.2) is 17.3 Å². The van der Waals surface area contributed by atoms with Crippen molar-refractivity contribution in [3.63, 3.8) is 0 Å². The second-order valence-electron chi connectivity index (χ2n) is 6.90. The summed E-state index contributed by atoms with van der Waals surface area (Å²) in [5.41, 5.74) is 2.18. The lowest BCUT2D eigenvalue weighted by Crippen LogP contribution is -2.12. The molecule has 0 saturated carbocycles. The number of hydrogen-bond acceptors (Lipinski definition) is 6. The zero-order valence-corrected chi connectivity index (χ0v) is 18.4. The molecule has 0 spiro atoms. The summed E-state index contributed by atoms with van der Waals surface area (Å²) in [5, 5.41) is 0.